The van der Waals surface area contributed by atoms with E-state index in [4.69, 9.17) is 11.6 Å². The van der Waals surface area contributed by atoms with Gasteiger partial charge in [-0.3, -0.25) is 4.79 Å². The van der Waals surface area contributed by atoms with E-state index < -0.39 is 0 Å². The first kappa shape index (κ1) is 10.6. The van der Waals surface area contributed by atoms with Gasteiger partial charge < -0.3 is 9.84 Å². The van der Waals surface area contributed by atoms with Crippen LogP contribution in [0.4, 0.5) is 0 Å². The molecule has 0 saturated carbocycles. The average molecular weight is 238 g/mol. The molecule has 0 aromatic carbocycles. The van der Waals surface area contributed by atoms with Crippen LogP contribution in [0.25, 0.3) is 0 Å². The van der Waals surface area contributed by atoms with Gasteiger partial charge in [-0.2, -0.15) is 0 Å². The molecule has 6 heteroatoms. The Morgan fingerprint density at radius 1 is 1.50 bits per heavy atom. The van der Waals surface area contributed by atoms with E-state index in [2.05, 4.69) is 20.0 Å². The van der Waals surface area contributed by atoms with Gasteiger partial charge in [0.1, 0.15) is 17.1 Å². The van der Waals surface area contributed by atoms with E-state index in [-0.39, 0.29) is 11.1 Å². The largest absolute Gasteiger partial charge is 0.364 e. The predicted octanol–water partition coefficient (Wildman–Crippen LogP) is 1.65. The number of nitrogens with one attached hydrogen (secondary N) is 1. The second-order valence-electron chi connectivity index (χ2n) is 3.04. The summed E-state index contributed by atoms with van der Waals surface area (Å²) in [6.07, 6.45) is 2.93. The first-order valence-electron chi connectivity index (χ1n) is 4.55. The molecule has 0 radical (unpaired) electrons. The molecule has 0 aliphatic carbocycles. The van der Waals surface area contributed by atoms with Crippen molar-refractivity contribution in [3.63, 3.8) is 0 Å². The van der Waals surface area contributed by atoms with Gasteiger partial charge in [0.25, 0.3) is 5.91 Å². The van der Waals surface area contributed by atoms with Crippen LogP contribution in [0.2, 0.25) is 5.15 Å². The third-order valence-electron chi connectivity index (χ3n) is 1.91. The Balaban J connectivity index is 1.98. The molecule has 0 fully saturated rings. The molecule has 0 aliphatic heterocycles. The van der Waals surface area contributed by atoms with Crippen LogP contribution in [-0.4, -0.2) is 16.0 Å². The highest BCUT2D eigenvalue weighted by Crippen LogP contribution is 2.07. The normalized spacial score (nSPS) is 10.1. The molecule has 1 amide bonds. The fourth-order valence-corrected chi connectivity index (χ4v) is 1.32. The summed E-state index contributed by atoms with van der Waals surface area (Å²) in [5, 5.41) is 6.64. The van der Waals surface area contributed by atoms with E-state index in [0.717, 1.165) is 0 Å². The summed E-state index contributed by atoms with van der Waals surface area (Å²) in [7, 11) is 0. The SMILES string of the molecule is O=C(NCc1ccon1)c1ccnc(Cl)c1. The number of carbonyl (C=O) groups excluding carboxylic acids is 1. The Hall–Kier alpha value is -1.88. The molecule has 0 spiro atoms. The van der Waals surface area contributed by atoms with Crippen LogP contribution in [0.3, 0.4) is 0 Å². The Morgan fingerprint density at radius 2 is 2.38 bits per heavy atom. The minimum Gasteiger partial charge on any atom is -0.364 e. The van der Waals surface area contributed by atoms with Gasteiger partial charge in [0.2, 0.25) is 0 Å². The molecule has 0 atom stereocenters. The smallest absolute Gasteiger partial charge is 0.251 e. The zero-order chi connectivity index (χ0) is 11.4. The summed E-state index contributed by atoms with van der Waals surface area (Å²) in [5.74, 6) is -0.229. The van der Waals surface area contributed by atoms with Crippen molar-refractivity contribution < 1.29 is 9.32 Å². The molecule has 16 heavy (non-hydrogen) atoms. The first-order chi connectivity index (χ1) is 7.75. The number of aromatic nitrogens is 2. The molecule has 2 heterocycles. The molecule has 2 aromatic heterocycles. The molecule has 2 rings (SSSR count). The highest BCUT2D eigenvalue weighted by Gasteiger charge is 2.06. The molecule has 0 saturated heterocycles. The quantitative estimate of drug-likeness (QED) is 0.825. The zero-order valence-corrected chi connectivity index (χ0v) is 8.94. The number of hydrogen-bond donors (Lipinski definition) is 1. The van der Waals surface area contributed by atoms with E-state index in [9.17, 15) is 4.79 Å². The summed E-state index contributed by atoms with van der Waals surface area (Å²) in [4.78, 5) is 15.4. The van der Waals surface area contributed by atoms with Crippen LogP contribution in [0.15, 0.2) is 35.2 Å². The van der Waals surface area contributed by atoms with Crippen molar-refractivity contribution in [1.82, 2.24) is 15.5 Å². The van der Waals surface area contributed by atoms with E-state index in [1.54, 1.807) is 12.1 Å². The standard InChI is InChI=1S/C10H8ClN3O2/c11-9-5-7(1-3-12-9)10(15)13-6-8-2-4-16-14-8/h1-5H,6H2,(H,13,15). The van der Waals surface area contributed by atoms with Gasteiger partial charge in [0.15, 0.2) is 0 Å². The average Bonchev–Trinajstić information content (AvgIpc) is 2.78. The summed E-state index contributed by atoms with van der Waals surface area (Å²) >= 11 is 5.67. The number of hydrogen-bond acceptors (Lipinski definition) is 4. The summed E-state index contributed by atoms with van der Waals surface area (Å²) < 4.78 is 4.64. The van der Waals surface area contributed by atoms with Crippen LogP contribution < -0.4 is 5.32 Å². The van der Waals surface area contributed by atoms with Crippen LogP contribution in [-0.2, 0) is 6.54 Å². The van der Waals surface area contributed by atoms with E-state index in [1.807, 2.05) is 0 Å². The van der Waals surface area contributed by atoms with Gasteiger partial charge in [0, 0.05) is 17.8 Å². The Bertz CT molecular complexity index is 485. The molecule has 1 N–H and O–H groups in total. The number of nitrogens with zero attached hydrogens (tertiary/aromatic N) is 2. The third kappa shape index (κ3) is 2.58. The fraction of sp³-hybridized carbons (Fsp3) is 0.100. The highest BCUT2D eigenvalue weighted by atomic mass is 35.5. The number of halogens is 1. The number of amides is 1. The van der Waals surface area contributed by atoms with Gasteiger partial charge in [-0.15, -0.1) is 0 Å². The lowest BCUT2D eigenvalue weighted by molar-refractivity contribution is 0.0950. The van der Waals surface area contributed by atoms with Crippen molar-refractivity contribution in [2.75, 3.05) is 0 Å². The third-order valence-corrected chi connectivity index (χ3v) is 2.12. The summed E-state index contributed by atoms with van der Waals surface area (Å²) in [6, 6.07) is 4.77. The zero-order valence-electron chi connectivity index (χ0n) is 8.18. The number of rotatable bonds is 3. The molecule has 0 unspecified atom stereocenters. The second kappa shape index (κ2) is 4.76. The molecule has 2 aromatic rings. The van der Waals surface area contributed by atoms with E-state index >= 15 is 0 Å². The van der Waals surface area contributed by atoms with Crippen molar-refractivity contribution in [3.8, 4) is 0 Å². The van der Waals surface area contributed by atoms with Crippen LogP contribution in [0.5, 0.6) is 0 Å². The van der Waals surface area contributed by atoms with Gasteiger partial charge in [0.05, 0.1) is 6.54 Å². The minimum absolute atomic E-state index is 0.229. The van der Waals surface area contributed by atoms with Crippen molar-refractivity contribution in [2.45, 2.75) is 6.54 Å². The molecule has 5 nitrogen and oxygen atoms in total. The Labute approximate surface area is 96.4 Å². The van der Waals surface area contributed by atoms with Gasteiger partial charge in [-0.25, -0.2) is 4.98 Å². The Morgan fingerprint density at radius 3 is 3.06 bits per heavy atom. The van der Waals surface area contributed by atoms with E-state index in [0.29, 0.717) is 17.8 Å². The number of carbonyl (C=O) groups is 1. The van der Waals surface area contributed by atoms with E-state index in [1.165, 1.54) is 18.5 Å². The lowest BCUT2D eigenvalue weighted by atomic mass is 10.2. The van der Waals surface area contributed by atoms with Crippen LogP contribution >= 0.6 is 11.6 Å². The first-order valence-corrected chi connectivity index (χ1v) is 4.92. The molecule has 82 valence electrons. The maximum Gasteiger partial charge on any atom is 0.251 e. The predicted molar refractivity (Wildman–Crippen MR) is 56.9 cm³/mol. The van der Waals surface area contributed by atoms with Crippen molar-refractivity contribution in [1.29, 1.82) is 0 Å². The maximum atomic E-state index is 11.6. The second-order valence-corrected chi connectivity index (χ2v) is 3.43. The lowest BCUT2D eigenvalue weighted by Crippen LogP contribution is -2.22. The Kier molecular flexibility index (Phi) is 3.16. The molecular formula is C10H8ClN3O2. The summed E-state index contributed by atoms with van der Waals surface area (Å²) in [5.41, 5.74) is 1.12. The molecular weight excluding hydrogens is 230 g/mol. The van der Waals surface area contributed by atoms with Gasteiger partial charge in [-0.1, -0.05) is 16.8 Å². The fourth-order valence-electron chi connectivity index (χ4n) is 1.15. The molecule has 0 bridgehead atoms. The van der Waals surface area contributed by atoms with Crippen LogP contribution in [0, 0.1) is 0 Å². The van der Waals surface area contributed by atoms with Crippen molar-refractivity contribution >= 4 is 17.5 Å². The molecule has 0 aliphatic rings. The maximum absolute atomic E-state index is 11.6. The van der Waals surface area contributed by atoms with Crippen molar-refractivity contribution in [3.05, 3.63) is 47.1 Å². The van der Waals surface area contributed by atoms with Crippen LogP contribution in [0.1, 0.15) is 16.1 Å². The topological polar surface area (TPSA) is 68.0 Å². The monoisotopic (exact) mass is 237 g/mol. The van der Waals surface area contributed by atoms with Crippen molar-refractivity contribution in [2.24, 2.45) is 0 Å². The van der Waals surface area contributed by atoms with Gasteiger partial charge >= 0.3 is 0 Å². The highest BCUT2D eigenvalue weighted by molar-refractivity contribution is 6.29. The van der Waals surface area contributed by atoms with Gasteiger partial charge in [-0.05, 0) is 12.1 Å². The number of pyridine rings is 1. The summed E-state index contributed by atoms with van der Waals surface area (Å²) in [6.45, 7) is 0.315. The minimum atomic E-state index is -0.229. The lowest BCUT2D eigenvalue weighted by Gasteiger charge is -2.02.